The van der Waals surface area contributed by atoms with Crippen molar-refractivity contribution in [3.05, 3.63) is 63.2 Å². The monoisotopic (exact) mass is 588 g/mol. The number of nitrogens with one attached hydrogen (secondary N) is 1. The zero-order valence-corrected chi connectivity index (χ0v) is 22.5. The molecule has 0 spiro atoms. The van der Waals surface area contributed by atoms with Crippen LogP contribution in [-0.4, -0.2) is 69.0 Å². The number of halogens is 2. The van der Waals surface area contributed by atoms with E-state index in [9.17, 15) is 37.9 Å². The van der Waals surface area contributed by atoms with Gasteiger partial charge in [-0.2, -0.15) is 4.39 Å². The zero-order chi connectivity index (χ0) is 31.5. The zero-order valence-electron chi connectivity index (χ0n) is 23.6. The predicted octanol–water partition coefficient (Wildman–Crippen LogP) is 1.51. The quantitative estimate of drug-likeness (QED) is 0.210. The number of H-pyrrole nitrogens is 1. The highest BCUT2D eigenvalue weighted by Gasteiger charge is 2.56. The third-order valence-electron chi connectivity index (χ3n) is 5.47. The van der Waals surface area contributed by atoms with Crippen LogP contribution >= 0.6 is 7.60 Å². The van der Waals surface area contributed by atoms with Crippen LogP contribution in [0, 0.1) is 23.6 Å². The van der Waals surface area contributed by atoms with Crippen LogP contribution in [0.3, 0.4) is 0 Å². The standard InChI is InChI=1S/C25H29F2N2O10P/c1-15(2)37-22(32)16(3)14-40(35,39-17-8-5-4-6-9-17)36-13-19-20(30)25(34,10-7-11-26)23(38-19)29-12-18(27)21(31)28-24(29)33/h4-6,8-9,12,15-16,19-20,23,30,34H,11,13-14H2,1-3H3,(H,28,31,33)/t16-,19-,20+,23-,25?,40+/m1/s1/i13D2. The van der Waals surface area contributed by atoms with Crippen LogP contribution in [0.15, 0.2) is 46.1 Å². The Kier molecular flexibility index (Phi) is 9.08. The number of alkyl halides is 1. The van der Waals surface area contributed by atoms with Gasteiger partial charge in [0.2, 0.25) is 5.82 Å². The average molecular weight is 588 g/mol. The van der Waals surface area contributed by atoms with Crippen molar-refractivity contribution >= 4 is 13.6 Å². The number of para-hydroxylation sites is 1. The lowest BCUT2D eigenvalue weighted by Gasteiger charge is -2.26. The molecule has 0 aliphatic carbocycles. The normalized spacial score (nSPS) is 25.6. The van der Waals surface area contributed by atoms with E-state index in [1.807, 2.05) is 11.8 Å². The molecule has 1 aromatic heterocycles. The first-order chi connectivity index (χ1) is 19.5. The molecule has 3 rings (SSSR count). The fourth-order valence-corrected chi connectivity index (χ4v) is 5.35. The molecule has 1 fully saturated rings. The molecule has 12 nitrogen and oxygen atoms in total. The van der Waals surface area contributed by atoms with E-state index in [-0.39, 0.29) is 10.3 Å². The lowest BCUT2D eigenvalue weighted by Crippen LogP contribution is -2.48. The minimum Gasteiger partial charge on any atom is -0.463 e. The van der Waals surface area contributed by atoms with E-state index in [0.717, 1.165) is 0 Å². The molecule has 0 saturated carbocycles. The first-order valence-corrected chi connectivity index (χ1v) is 13.6. The van der Waals surface area contributed by atoms with Crippen molar-refractivity contribution in [2.75, 3.05) is 19.4 Å². The summed E-state index contributed by atoms with van der Waals surface area (Å²) in [5.41, 5.74) is -5.75. The molecule has 1 aromatic carbocycles. The van der Waals surface area contributed by atoms with Crippen LogP contribution in [0.1, 0.15) is 29.7 Å². The number of carbonyl (C=O) groups is 1. The van der Waals surface area contributed by atoms with E-state index in [0.29, 0.717) is 6.20 Å². The average Bonchev–Trinajstić information content (AvgIpc) is 3.15. The van der Waals surface area contributed by atoms with E-state index in [2.05, 4.69) is 0 Å². The van der Waals surface area contributed by atoms with E-state index < -0.39 is 86.1 Å². The number of hydrogen-bond donors (Lipinski definition) is 3. The van der Waals surface area contributed by atoms with Gasteiger partial charge in [-0.1, -0.05) is 37.0 Å². The highest BCUT2D eigenvalue weighted by Crippen LogP contribution is 2.51. The molecule has 1 saturated heterocycles. The molecule has 0 bridgehead atoms. The number of carbonyl (C=O) groups excluding carboxylic acids is 1. The summed E-state index contributed by atoms with van der Waals surface area (Å²) in [6.07, 6.45) is -7.91. The van der Waals surface area contributed by atoms with Crippen LogP contribution < -0.4 is 15.8 Å². The lowest BCUT2D eigenvalue weighted by molar-refractivity contribution is -0.151. The fourth-order valence-electron chi connectivity index (χ4n) is 3.64. The molecule has 3 N–H and O–H groups in total. The second kappa shape index (κ2) is 12.9. The summed E-state index contributed by atoms with van der Waals surface area (Å²) in [7, 11) is -4.69. The molecular formula is C25H29F2N2O10P. The molecule has 40 heavy (non-hydrogen) atoms. The Labute approximate surface area is 230 Å². The number of nitrogens with zero attached hydrogens (tertiary/aromatic N) is 1. The van der Waals surface area contributed by atoms with Crippen molar-refractivity contribution < 1.29 is 49.6 Å². The Hall–Kier alpha value is -3.34. The number of ether oxygens (including phenoxy) is 2. The van der Waals surface area contributed by atoms with Gasteiger partial charge in [-0.05, 0) is 26.0 Å². The van der Waals surface area contributed by atoms with Crippen molar-refractivity contribution in [2.45, 2.75) is 50.9 Å². The maximum absolute atomic E-state index is 14.1. The number of aromatic nitrogens is 2. The molecular weight excluding hydrogens is 557 g/mol. The Bertz CT molecular complexity index is 1510. The van der Waals surface area contributed by atoms with E-state index >= 15 is 0 Å². The third kappa shape index (κ3) is 7.24. The molecule has 6 atom stereocenters. The molecule has 2 aromatic rings. The van der Waals surface area contributed by atoms with Gasteiger partial charge in [0.25, 0.3) is 5.56 Å². The van der Waals surface area contributed by atoms with Crippen LogP contribution in [-0.2, 0) is 23.4 Å². The summed E-state index contributed by atoms with van der Waals surface area (Å²) in [5.74, 6) is 0.281. The number of aromatic amines is 1. The topological polar surface area (TPSA) is 166 Å². The summed E-state index contributed by atoms with van der Waals surface area (Å²) in [6.45, 7) is -0.182. The minimum atomic E-state index is -4.69. The molecule has 1 aliphatic heterocycles. The minimum absolute atomic E-state index is 0.0348. The fraction of sp³-hybridized carbons (Fsp3) is 0.480. The van der Waals surface area contributed by atoms with Gasteiger partial charge in [-0.3, -0.25) is 23.7 Å². The Morgan fingerprint density at radius 3 is 2.62 bits per heavy atom. The van der Waals surface area contributed by atoms with Gasteiger partial charge in [-0.25, -0.2) is 13.8 Å². The van der Waals surface area contributed by atoms with Gasteiger partial charge < -0.3 is 24.2 Å². The number of hydrogen-bond acceptors (Lipinski definition) is 10. The van der Waals surface area contributed by atoms with E-state index in [1.54, 1.807) is 24.9 Å². The predicted molar refractivity (Wildman–Crippen MR) is 136 cm³/mol. The number of esters is 1. The third-order valence-corrected chi connectivity index (χ3v) is 7.34. The SMILES string of the molecule is [2H]C([2H])(O[P@@](=O)(C[C@@H](C)C(=O)OC(C)C)Oc1ccccc1)[C@H]1O[C@@H](n2cc(F)c(=O)[nH]c2=O)C(O)(C#CCF)[C@H]1O. The summed E-state index contributed by atoms with van der Waals surface area (Å²) in [4.78, 5) is 38.0. The highest BCUT2D eigenvalue weighted by molar-refractivity contribution is 7.54. The molecule has 0 amide bonds. The van der Waals surface area contributed by atoms with Gasteiger partial charge in [0.05, 0.1) is 33.7 Å². The first kappa shape index (κ1) is 28.2. The van der Waals surface area contributed by atoms with Gasteiger partial charge in [0.15, 0.2) is 11.8 Å². The van der Waals surface area contributed by atoms with E-state index in [4.69, 9.17) is 21.3 Å². The summed E-state index contributed by atoms with van der Waals surface area (Å²) >= 11 is 0. The van der Waals surface area contributed by atoms with Crippen molar-refractivity contribution in [3.63, 3.8) is 0 Å². The molecule has 15 heteroatoms. The lowest BCUT2D eigenvalue weighted by atomic mass is 9.94. The first-order valence-electron chi connectivity index (χ1n) is 12.9. The number of rotatable bonds is 10. The second-order valence-electron chi connectivity index (χ2n) is 9.05. The van der Waals surface area contributed by atoms with Crippen molar-refractivity contribution in [1.29, 1.82) is 0 Å². The Morgan fingerprint density at radius 2 is 2.00 bits per heavy atom. The van der Waals surface area contributed by atoms with E-state index in [1.165, 1.54) is 31.2 Å². The smallest absolute Gasteiger partial charge is 0.380 e. The van der Waals surface area contributed by atoms with Crippen LogP contribution in [0.2, 0.25) is 0 Å². The van der Waals surface area contributed by atoms with Crippen LogP contribution in [0.5, 0.6) is 5.75 Å². The Morgan fingerprint density at radius 1 is 1.32 bits per heavy atom. The molecule has 2 heterocycles. The number of aliphatic hydroxyl groups is 2. The molecule has 1 unspecified atom stereocenters. The summed E-state index contributed by atoms with van der Waals surface area (Å²) in [5, 5.41) is 22.2. The van der Waals surface area contributed by atoms with Crippen molar-refractivity contribution in [2.24, 2.45) is 5.92 Å². The van der Waals surface area contributed by atoms with Gasteiger partial charge in [0, 0.05) is 0 Å². The van der Waals surface area contributed by atoms with Gasteiger partial charge in [0.1, 0.15) is 24.6 Å². The van der Waals surface area contributed by atoms with Gasteiger partial charge >= 0.3 is 19.3 Å². The summed E-state index contributed by atoms with van der Waals surface area (Å²) in [6, 6.07) is 7.41. The van der Waals surface area contributed by atoms with Crippen molar-refractivity contribution in [1.82, 2.24) is 9.55 Å². The highest BCUT2D eigenvalue weighted by atomic mass is 31.2. The Balaban J connectivity index is 2.03. The van der Waals surface area contributed by atoms with Crippen LogP contribution in [0.4, 0.5) is 8.78 Å². The van der Waals surface area contributed by atoms with Crippen LogP contribution in [0.25, 0.3) is 0 Å². The number of aliphatic hydroxyl groups excluding tert-OH is 1. The largest absolute Gasteiger partial charge is 0.463 e. The van der Waals surface area contributed by atoms with Crippen molar-refractivity contribution in [3.8, 4) is 17.6 Å². The summed E-state index contributed by atoms with van der Waals surface area (Å²) < 4.78 is 79.5. The molecule has 0 radical (unpaired) electrons. The maximum Gasteiger partial charge on any atom is 0.380 e. The van der Waals surface area contributed by atoms with Gasteiger partial charge in [-0.15, -0.1) is 0 Å². The second-order valence-corrected chi connectivity index (χ2v) is 11.0. The number of benzene rings is 1. The molecule has 1 aliphatic rings. The molecule has 218 valence electrons. The maximum atomic E-state index is 14.1.